The first-order valence-electron chi connectivity index (χ1n) is 6.43. The van der Waals surface area contributed by atoms with Gasteiger partial charge >= 0.3 is 6.18 Å². The molecule has 19 heavy (non-hydrogen) atoms. The number of alkyl halides is 3. The molecule has 1 fully saturated rings. The Balaban J connectivity index is 1.89. The van der Waals surface area contributed by atoms with E-state index in [4.69, 9.17) is 4.74 Å². The molecule has 0 saturated carbocycles. The molecule has 0 spiro atoms. The van der Waals surface area contributed by atoms with Crippen molar-refractivity contribution in [3.63, 3.8) is 0 Å². The van der Waals surface area contributed by atoms with Crippen LogP contribution in [0.4, 0.5) is 13.2 Å². The van der Waals surface area contributed by atoms with Crippen LogP contribution in [0.2, 0.25) is 0 Å². The maximum atomic E-state index is 12.4. The van der Waals surface area contributed by atoms with Crippen molar-refractivity contribution in [3.8, 4) is 0 Å². The van der Waals surface area contributed by atoms with E-state index in [-0.39, 0.29) is 6.10 Å². The maximum Gasteiger partial charge on any atom is 0.416 e. The second-order valence-electron chi connectivity index (χ2n) is 4.85. The maximum absolute atomic E-state index is 12.4. The predicted molar refractivity (Wildman–Crippen MR) is 64.6 cm³/mol. The van der Waals surface area contributed by atoms with Crippen LogP contribution in [0.3, 0.4) is 0 Å². The molecule has 5 heteroatoms. The van der Waals surface area contributed by atoms with E-state index in [2.05, 4.69) is 0 Å². The zero-order chi connectivity index (χ0) is 13.9. The highest BCUT2D eigenvalue weighted by molar-refractivity contribution is 5.25. The van der Waals surface area contributed by atoms with Crippen molar-refractivity contribution < 1.29 is 23.0 Å². The van der Waals surface area contributed by atoms with Gasteiger partial charge in [-0.2, -0.15) is 13.2 Å². The summed E-state index contributed by atoms with van der Waals surface area (Å²) in [5.41, 5.74) is -0.173. The predicted octanol–water partition coefficient (Wildman–Crippen LogP) is 3.70. The molecule has 1 aliphatic heterocycles. The highest BCUT2D eigenvalue weighted by atomic mass is 19.4. The van der Waals surface area contributed by atoms with Crippen LogP contribution in [0.15, 0.2) is 24.3 Å². The van der Waals surface area contributed by atoms with Crippen LogP contribution in [0, 0.1) is 0 Å². The number of ether oxygens (including phenoxy) is 1. The monoisotopic (exact) mass is 274 g/mol. The minimum atomic E-state index is -4.33. The lowest BCUT2D eigenvalue weighted by molar-refractivity contribution is -0.137. The molecular formula is C14H17F3O2. The van der Waals surface area contributed by atoms with Crippen LogP contribution in [-0.2, 0) is 10.9 Å². The van der Waals surface area contributed by atoms with Crippen molar-refractivity contribution in [2.45, 2.75) is 44.1 Å². The number of rotatable bonds is 4. The molecule has 1 heterocycles. The van der Waals surface area contributed by atoms with Gasteiger partial charge in [0.25, 0.3) is 0 Å². The Morgan fingerprint density at radius 3 is 2.47 bits per heavy atom. The molecular weight excluding hydrogens is 257 g/mol. The summed E-state index contributed by atoms with van der Waals surface area (Å²) in [6.45, 7) is 0.765. The van der Waals surface area contributed by atoms with Crippen LogP contribution in [0.1, 0.15) is 42.9 Å². The largest absolute Gasteiger partial charge is 0.416 e. The lowest BCUT2D eigenvalue weighted by Gasteiger charge is -2.15. The van der Waals surface area contributed by atoms with Crippen LogP contribution >= 0.6 is 0 Å². The van der Waals surface area contributed by atoms with E-state index < -0.39 is 17.8 Å². The topological polar surface area (TPSA) is 29.5 Å². The Hall–Kier alpha value is -1.07. The van der Waals surface area contributed by atoms with Crippen LogP contribution < -0.4 is 0 Å². The molecule has 1 aromatic carbocycles. The molecule has 106 valence electrons. The Bertz CT molecular complexity index is 394. The smallest absolute Gasteiger partial charge is 0.388 e. The van der Waals surface area contributed by atoms with Crippen molar-refractivity contribution in [1.82, 2.24) is 0 Å². The molecule has 0 radical (unpaired) electrons. The zero-order valence-electron chi connectivity index (χ0n) is 10.5. The van der Waals surface area contributed by atoms with E-state index in [0.29, 0.717) is 12.0 Å². The Kier molecular flexibility index (Phi) is 4.47. The molecule has 0 aromatic heterocycles. The second-order valence-corrected chi connectivity index (χ2v) is 4.85. The van der Waals surface area contributed by atoms with Gasteiger partial charge in [0.1, 0.15) is 0 Å². The fraction of sp³-hybridized carbons (Fsp3) is 0.571. The average molecular weight is 274 g/mol. The molecule has 1 aromatic rings. The van der Waals surface area contributed by atoms with Crippen molar-refractivity contribution in [3.05, 3.63) is 35.4 Å². The normalized spacial score (nSPS) is 21.6. The summed E-state index contributed by atoms with van der Waals surface area (Å²) >= 11 is 0. The lowest BCUT2D eigenvalue weighted by Crippen LogP contribution is -2.09. The van der Waals surface area contributed by atoms with E-state index in [9.17, 15) is 18.3 Å². The number of benzene rings is 1. The first kappa shape index (κ1) is 14.3. The first-order valence-corrected chi connectivity index (χ1v) is 6.43. The van der Waals surface area contributed by atoms with Crippen LogP contribution in [0.5, 0.6) is 0 Å². The van der Waals surface area contributed by atoms with Gasteiger partial charge in [0.2, 0.25) is 0 Å². The van der Waals surface area contributed by atoms with Gasteiger partial charge < -0.3 is 9.84 Å². The summed E-state index contributed by atoms with van der Waals surface area (Å²) < 4.78 is 42.6. The standard InChI is InChI=1S/C14H17F3O2/c15-14(16,17)11-5-3-10(4-6-11)13(18)8-7-12-2-1-9-19-12/h3-6,12-13,18H,1-2,7-9H2. The summed E-state index contributed by atoms with van der Waals surface area (Å²) in [7, 11) is 0. The number of aliphatic hydroxyl groups excluding tert-OH is 1. The van der Waals surface area contributed by atoms with E-state index in [0.717, 1.165) is 38.0 Å². The summed E-state index contributed by atoms with van der Waals surface area (Å²) in [6.07, 6.45) is -1.59. The molecule has 2 rings (SSSR count). The lowest BCUT2D eigenvalue weighted by atomic mass is 10.0. The van der Waals surface area contributed by atoms with Gasteiger partial charge in [0.15, 0.2) is 0 Å². The fourth-order valence-corrected chi connectivity index (χ4v) is 2.28. The Labute approximate surface area is 110 Å². The SMILES string of the molecule is OC(CCC1CCCO1)c1ccc(C(F)(F)F)cc1. The first-order chi connectivity index (χ1) is 8.97. The third kappa shape index (κ3) is 3.94. The summed E-state index contributed by atoms with van der Waals surface area (Å²) in [6, 6.07) is 4.68. The Morgan fingerprint density at radius 1 is 1.26 bits per heavy atom. The highest BCUT2D eigenvalue weighted by Crippen LogP contribution is 2.31. The Morgan fingerprint density at radius 2 is 1.95 bits per heavy atom. The summed E-state index contributed by atoms with van der Waals surface area (Å²) in [5.74, 6) is 0. The molecule has 2 unspecified atom stereocenters. The number of halogens is 3. The number of hydrogen-bond donors (Lipinski definition) is 1. The van der Waals surface area contributed by atoms with E-state index in [1.807, 2.05) is 0 Å². The molecule has 2 nitrogen and oxygen atoms in total. The minimum absolute atomic E-state index is 0.184. The molecule has 0 bridgehead atoms. The third-order valence-electron chi connectivity index (χ3n) is 3.41. The summed E-state index contributed by atoms with van der Waals surface area (Å²) in [5, 5.41) is 9.94. The van der Waals surface area contributed by atoms with Crippen molar-refractivity contribution in [2.75, 3.05) is 6.61 Å². The van der Waals surface area contributed by atoms with Gasteiger partial charge in [0.05, 0.1) is 17.8 Å². The molecule has 1 saturated heterocycles. The van der Waals surface area contributed by atoms with Gasteiger partial charge in [0, 0.05) is 6.61 Å². The van der Waals surface area contributed by atoms with Gasteiger partial charge in [-0.15, -0.1) is 0 Å². The van der Waals surface area contributed by atoms with E-state index in [1.54, 1.807) is 0 Å². The van der Waals surface area contributed by atoms with E-state index >= 15 is 0 Å². The number of aliphatic hydroxyl groups is 1. The highest BCUT2D eigenvalue weighted by Gasteiger charge is 2.30. The third-order valence-corrected chi connectivity index (χ3v) is 3.41. The van der Waals surface area contributed by atoms with Gasteiger partial charge in [-0.3, -0.25) is 0 Å². The summed E-state index contributed by atoms with van der Waals surface area (Å²) in [4.78, 5) is 0. The zero-order valence-corrected chi connectivity index (χ0v) is 10.5. The molecule has 2 atom stereocenters. The quantitative estimate of drug-likeness (QED) is 0.907. The fourth-order valence-electron chi connectivity index (χ4n) is 2.28. The van der Waals surface area contributed by atoms with Gasteiger partial charge in [-0.1, -0.05) is 12.1 Å². The molecule has 1 aliphatic rings. The number of hydrogen-bond acceptors (Lipinski definition) is 2. The van der Waals surface area contributed by atoms with Gasteiger partial charge in [-0.05, 0) is 43.4 Å². The average Bonchev–Trinajstić information content (AvgIpc) is 2.88. The minimum Gasteiger partial charge on any atom is -0.388 e. The van der Waals surface area contributed by atoms with Crippen molar-refractivity contribution in [2.24, 2.45) is 0 Å². The van der Waals surface area contributed by atoms with Crippen molar-refractivity contribution >= 4 is 0 Å². The van der Waals surface area contributed by atoms with Gasteiger partial charge in [-0.25, -0.2) is 0 Å². The van der Waals surface area contributed by atoms with Crippen LogP contribution in [-0.4, -0.2) is 17.8 Å². The molecule has 0 aliphatic carbocycles. The van der Waals surface area contributed by atoms with Crippen LogP contribution in [0.25, 0.3) is 0 Å². The molecule has 1 N–H and O–H groups in total. The molecule has 0 amide bonds. The van der Waals surface area contributed by atoms with Crippen molar-refractivity contribution in [1.29, 1.82) is 0 Å². The second kappa shape index (κ2) is 5.92. The van der Waals surface area contributed by atoms with E-state index in [1.165, 1.54) is 12.1 Å².